The molecule has 0 amide bonds. The summed E-state index contributed by atoms with van der Waals surface area (Å²) < 4.78 is 0. The average molecular weight is 302 g/mol. The molecule has 0 saturated carbocycles. The Morgan fingerprint density at radius 2 is 1.17 bits per heavy atom. The van der Waals surface area contributed by atoms with Gasteiger partial charge in [-0.15, -0.1) is 0 Å². The predicted octanol–water partition coefficient (Wildman–Crippen LogP) is 6.63. The maximum atomic E-state index is 2.36. The van der Waals surface area contributed by atoms with Crippen LogP contribution in [0.15, 0.2) is 24.3 Å². The van der Waals surface area contributed by atoms with E-state index in [-0.39, 0.29) is 0 Å². The molecule has 0 aromatic heterocycles. The quantitative estimate of drug-likeness (QED) is 0.554. The van der Waals surface area contributed by atoms with E-state index in [4.69, 9.17) is 0 Å². The lowest BCUT2D eigenvalue weighted by atomic mass is 9.83. The molecule has 23 heavy (non-hydrogen) atoms. The van der Waals surface area contributed by atoms with Gasteiger partial charge in [-0.3, -0.25) is 0 Å². The minimum Gasteiger partial charge on any atom is -0.0801 e. The molecule has 0 radical (unpaired) electrons. The first kappa shape index (κ1) is 15.8. The van der Waals surface area contributed by atoms with E-state index in [1.165, 1.54) is 55.6 Å². The summed E-state index contributed by atoms with van der Waals surface area (Å²) in [6.45, 7) is 13.5. The fraction of sp³-hybridized carbons (Fsp3) is 0.304. The summed E-state index contributed by atoms with van der Waals surface area (Å²) in [7, 11) is 0. The van der Waals surface area contributed by atoms with Crippen LogP contribution in [0.3, 0.4) is 0 Å². The molecule has 1 aliphatic carbocycles. The molecule has 0 spiro atoms. The Balaban J connectivity index is 2.38. The van der Waals surface area contributed by atoms with Crippen LogP contribution in [0.5, 0.6) is 0 Å². The van der Waals surface area contributed by atoms with Crippen LogP contribution < -0.4 is 0 Å². The second kappa shape index (κ2) is 5.85. The zero-order valence-corrected chi connectivity index (χ0v) is 15.2. The molecule has 0 fully saturated rings. The smallest absolute Gasteiger partial charge is 0.0114 e. The predicted molar refractivity (Wildman–Crippen MR) is 103 cm³/mol. The molecule has 1 aliphatic rings. The maximum Gasteiger partial charge on any atom is -0.0114 e. The highest BCUT2D eigenvalue weighted by Gasteiger charge is 2.18. The normalized spacial score (nSPS) is 13.1. The van der Waals surface area contributed by atoms with E-state index in [1.54, 1.807) is 0 Å². The van der Waals surface area contributed by atoms with Crippen LogP contribution in [0.2, 0.25) is 0 Å². The van der Waals surface area contributed by atoms with Crippen LogP contribution >= 0.6 is 0 Å². The third-order valence-electron chi connectivity index (χ3n) is 5.36. The number of allylic oxidation sites excluding steroid dienone is 2. The van der Waals surface area contributed by atoms with Gasteiger partial charge in [-0.2, -0.15) is 0 Å². The first-order valence-corrected chi connectivity index (χ1v) is 8.47. The van der Waals surface area contributed by atoms with Crippen molar-refractivity contribution in [3.05, 3.63) is 68.8 Å². The van der Waals surface area contributed by atoms with Crippen LogP contribution in [-0.2, 0) is 0 Å². The van der Waals surface area contributed by atoms with Crippen molar-refractivity contribution in [1.82, 2.24) is 0 Å². The minimum atomic E-state index is 1.02. The van der Waals surface area contributed by atoms with Crippen LogP contribution in [0.1, 0.15) is 50.9 Å². The molecular weight excluding hydrogens is 276 g/mol. The summed E-state index contributed by atoms with van der Waals surface area (Å²) in [5, 5.41) is 0. The average Bonchev–Trinajstić information content (AvgIpc) is 2.76. The largest absolute Gasteiger partial charge is 0.0801 e. The third kappa shape index (κ3) is 2.57. The summed E-state index contributed by atoms with van der Waals surface area (Å²) in [6.07, 6.45) is 10.1. The van der Waals surface area contributed by atoms with Crippen LogP contribution in [0.25, 0.3) is 23.3 Å². The van der Waals surface area contributed by atoms with Crippen molar-refractivity contribution in [2.24, 2.45) is 0 Å². The molecule has 3 rings (SSSR count). The third-order valence-corrected chi connectivity index (χ3v) is 5.36. The molecule has 0 bridgehead atoms. The Bertz CT molecular complexity index is 845. The number of hydrogen-bond acceptors (Lipinski definition) is 0. The maximum absolute atomic E-state index is 2.36. The highest BCUT2D eigenvalue weighted by Crippen LogP contribution is 2.38. The van der Waals surface area contributed by atoms with Gasteiger partial charge in [-0.25, -0.2) is 0 Å². The van der Waals surface area contributed by atoms with Crippen molar-refractivity contribution < 1.29 is 0 Å². The molecule has 0 atom stereocenters. The Labute approximate surface area is 140 Å². The molecule has 0 aliphatic heterocycles. The first-order valence-electron chi connectivity index (χ1n) is 8.47. The zero-order chi connectivity index (χ0) is 16.7. The summed E-state index contributed by atoms with van der Waals surface area (Å²) >= 11 is 0. The molecule has 0 N–H and O–H groups in total. The molecule has 0 nitrogen and oxygen atoms in total. The van der Waals surface area contributed by atoms with E-state index in [9.17, 15) is 0 Å². The van der Waals surface area contributed by atoms with Gasteiger partial charge in [0.25, 0.3) is 0 Å². The van der Waals surface area contributed by atoms with E-state index in [1.807, 2.05) is 0 Å². The molecule has 118 valence electrons. The van der Waals surface area contributed by atoms with Crippen molar-refractivity contribution in [3.8, 4) is 11.1 Å². The Morgan fingerprint density at radius 1 is 0.609 bits per heavy atom. The van der Waals surface area contributed by atoms with Gasteiger partial charge >= 0.3 is 0 Å². The van der Waals surface area contributed by atoms with Gasteiger partial charge in [0.05, 0.1) is 0 Å². The topological polar surface area (TPSA) is 0 Å². The van der Waals surface area contributed by atoms with Gasteiger partial charge in [0.15, 0.2) is 0 Å². The lowest BCUT2D eigenvalue weighted by Crippen LogP contribution is -2.01. The fourth-order valence-electron chi connectivity index (χ4n) is 3.72. The minimum absolute atomic E-state index is 1.02. The molecule has 0 unspecified atom stereocenters. The monoisotopic (exact) mass is 302 g/mol. The number of aryl methyl sites for hydroxylation is 3. The number of hydrogen-bond donors (Lipinski definition) is 0. The van der Waals surface area contributed by atoms with E-state index in [0.717, 1.165) is 6.42 Å². The Kier molecular flexibility index (Phi) is 4.02. The Hall–Kier alpha value is -2.08. The van der Waals surface area contributed by atoms with Crippen LogP contribution in [0, 0.1) is 41.5 Å². The molecule has 2 aromatic carbocycles. The van der Waals surface area contributed by atoms with Crippen LogP contribution in [0.4, 0.5) is 0 Å². The van der Waals surface area contributed by atoms with Gasteiger partial charge in [-0.05, 0) is 104 Å². The second-order valence-corrected chi connectivity index (χ2v) is 6.87. The summed E-state index contributed by atoms with van der Waals surface area (Å²) in [4.78, 5) is 0. The van der Waals surface area contributed by atoms with E-state index >= 15 is 0 Å². The highest BCUT2D eigenvalue weighted by atomic mass is 14.2. The number of fused-ring (bicyclic) bond motifs is 1. The molecule has 0 saturated heterocycles. The SMILES string of the molecule is Cc1cc(C)c(-c2c(C)c(C)c3c(c2C)C=CCC=C3)cc1C. The van der Waals surface area contributed by atoms with Crippen molar-refractivity contribution in [1.29, 1.82) is 0 Å². The van der Waals surface area contributed by atoms with Gasteiger partial charge in [-0.1, -0.05) is 36.4 Å². The summed E-state index contributed by atoms with van der Waals surface area (Å²) in [5.74, 6) is 0. The van der Waals surface area contributed by atoms with Gasteiger partial charge in [0.1, 0.15) is 0 Å². The standard InChI is InChI=1S/C23H26/c1-14-12-16(3)22(13-15(14)2)23-18(5)17(4)20-10-8-7-9-11-21(20)19(23)6/h8-13H,7H2,1-6H3. The van der Waals surface area contributed by atoms with E-state index in [2.05, 4.69) is 78.0 Å². The first-order chi connectivity index (χ1) is 10.9. The lowest BCUT2D eigenvalue weighted by Gasteiger charge is -2.21. The second-order valence-electron chi connectivity index (χ2n) is 6.87. The number of rotatable bonds is 1. The lowest BCUT2D eigenvalue weighted by molar-refractivity contribution is 1.25. The molecular formula is C23H26. The Morgan fingerprint density at radius 3 is 1.83 bits per heavy atom. The summed E-state index contributed by atoms with van der Waals surface area (Å²) in [6, 6.07) is 4.68. The number of benzene rings is 2. The molecule has 2 aromatic rings. The molecule has 0 heterocycles. The highest BCUT2D eigenvalue weighted by molar-refractivity contribution is 5.84. The van der Waals surface area contributed by atoms with Crippen molar-refractivity contribution >= 4 is 12.2 Å². The van der Waals surface area contributed by atoms with E-state index < -0.39 is 0 Å². The van der Waals surface area contributed by atoms with E-state index in [0.29, 0.717) is 0 Å². The van der Waals surface area contributed by atoms with Gasteiger partial charge in [0.2, 0.25) is 0 Å². The zero-order valence-electron chi connectivity index (χ0n) is 15.2. The summed E-state index contributed by atoms with van der Waals surface area (Å²) in [5.41, 5.74) is 13.9. The molecule has 0 heteroatoms. The fourth-order valence-corrected chi connectivity index (χ4v) is 3.72. The van der Waals surface area contributed by atoms with Crippen molar-refractivity contribution in [2.75, 3.05) is 0 Å². The van der Waals surface area contributed by atoms with Gasteiger partial charge in [0, 0.05) is 0 Å². The van der Waals surface area contributed by atoms with Crippen molar-refractivity contribution in [2.45, 2.75) is 48.0 Å². The van der Waals surface area contributed by atoms with Crippen LogP contribution in [-0.4, -0.2) is 0 Å². The van der Waals surface area contributed by atoms with Crippen molar-refractivity contribution in [3.63, 3.8) is 0 Å². The van der Waals surface area contributed by atoms with Gasteiger partial charge < -0.3 is 0 Å².